The average molecular weight is 667 g/mol. The molecule has 45 heavy (non-hydrogen) atoms. The van der Waals surface area contributed by atoms with Gasteiger partial charge in [0.25, 0.3) is 0 Å². The molecule has 0 radical (unpaired) electrons. The first-order valence-electron chi connectivity index (χ1n) is 14.6. The number of ether oxygens (including phenoxy) is 2. The third-order valence-electron chi connectivity index (χ3n) is 7.20. The summed E-state index contributed by atoms with van der Waals surface area (Å²) in [6.45, 7) is 5.26. The van der Waals surface area contributed by atoms with Crippen molar-refractivity contribution in [1.29, 1.82) is 0 Å². The summed E-state index contributed by atoms with van der Waals surface area (Å²) in [5.74, 6) is -1.83. The van der Waals surface area contributed by atoms with E-state index in [-0.39, 0.29) is 48.1 Å². The molecular formula is C30H37ClF6N4O4. The van der Waals surface area contributed by atoms with Gasteiger partial charge in [-0.25, -0.2) is 0 Å². The Labute approximate surface area is 262 Å². The highest BCUT2D eigenvalue weighted by Gasteiger charge is 2.39. The number of allylic oxidation sites excluding steroid dienone is 7. The number of halogens is 7. The molecule has 1 aliphatic heterocycles. The Hall–Kier alpha value is -3.26. The maximum Gasteiger partial charge on any atom is 0.435 e. The molecule has 1 atom stereocenters. The Balaban J connectivity index is 1.96. The van der Waals surface area contributed by atoms with Gasteiger partial charge in [-0.1, -0.05) is 30.7 Å². The zero-order valence-corrected chi connectivity index (χ0v) is 26.0. The molecule has 250 valence electrons. The maximum atomic E-state index is 13.9. The summed E-state index contributed by atoms with van der Waals surface area (Å²) in [7, 11) is 1.29. The standard InChI is InChI=1S/C30H37ClF6N4O4/c1-4-8-24(44-14-7-5-6-12-41-13-11-38-18-27(41)43)28(20-9-10-23(31)22(15-20)29(32,33)34)25(45-19(2)42)16-21-17-26(30(35,36)37)39-40(21)3/h8,10,15,17,20,38H,4-7,9,11-14,16,18H2,1-3H3/b24-8+,28-25+. The number of unbranched alkanes of at least 4 members (excludes halogenated alkanes) is 2. The minimum atomic E-state index is -4.79. The number of nitrogens with zero attached hydrogens (tertiary/aromatic N) is 3. The molecular weight excluding hydrogens is 630 g/mol. The smallest absolute Gasteiger partial charge is 0.435 e. The molecule has 1 aromatic rings. The van der Waals surface area contributed by atoms with Gasteiger partial charge in [-0.15, -0.1) is 0 Å². The number of aromatic nitrogens is 2. The maximum absolute atomic E-state index is 13.9. The van der Waals surface area contributed by atoms with E-state index in [9.17, 15) is 35.9 Å². The SMILES string of the molecule is CC/C=C(OCCCCCN1CCNCC1=O)\C(=C(/Cc1cc(C(F)(F)F)nn1C)OC(C)=O)C1C=C(C(F)(F)F)C(Cl)=CC1. The molecule has 0 spiro atoms. The van der Waals surface area contributed by atoms with Crippen molar-refractivity contribution in [2.24, 2.45) is 13.0 Å². The molecule has 0 bridgehead atoms. The van der Waals surface area contributed by atoms with Gasteiger partial charge in [0.2, 0.25) is 5.91 Å². The first-order chi connectivity index (χ1) is 21.1. The first-order valence-corrected chi connectivity index (χ1v) is 15.0. The quantitative estimate of drug-likeness (QED) is 0.0870. The number of esters is 1. The van der Waals surface area contributed by atoms with Crippen LogP contribution in [0.5, 0.6) is 0 Å². The minimum absolute atomic E-state index is 0.0128. The fourth-order valence-corrected chi connectivity index (χ4v) is 5.32. The van der Waals surface area contributed by atoms with E-state index >= 15 is 0 Å². The molecule has 15 heteroatoms. The Morgan fingerprint density at radius 3 is 2.51 bits per heavy atom. The molecule has 8 nitrogen and oxygen atoms in total. The van der Waals surface area contributed by atoms with Crippen LogP contribution in [0.4, 0.5) is 26.3 Å². The summed E-state index contributed by atoms with van der Waals surface area (Å²) in [5.41, 5.74) is -2.15. The second kappa shape index (κ2) is 15.8. The summed E-state index contributed by atoms with van der Waals surface area (Å²) >= 11 is 5.91. The van der Waals surface area contributed by atoms with Gasteiger partial charge in [-0.2, -0.15) is 31.4 Å². The predicted molar refractivity (Wildman–Crippen MR) is 155 cm³/mol. The number of alkyl halides is 6. The van der Waals surface area contributed by atoms with E-state index in [1.165, 1.54) is 13.1 Å². The van der Waals surface area contributed by atoms with Gasteiger partial charge >= 0.3 is 18.3 Å². The van der Waals surface area contributed by atoms with Crippen molar-refractivity contribution in [2.45, 2.75) is 64.7 Å². The van der Waals surface area contributed by atoms with Crippen LogP contribution in [0.1, 0.15) is 57.3 Å². The molecule has 2 heterocycles. The Morgan fingerprint density at radius 1 is 1.18 bits per heavy atom. The van der Waals surface area contributed by atoms with Crippen LogP contribution in [0.15, 0.2) is 52.0 Å². The second-order valence-corrected chi connectivity index (χ2v) is 11.1. The highest BCUT2D eigenvalue weighted by atomic mass is 35.5. The van der Waals surface area contributed by atoms with Gasteiger partial charge in [0.15, 0.2) is 5.69 Å². The molecule has 1 fully saturated rings. The van der Waals surface area contributed by atoms with Crippen LogP contribution in [0.25, 0.3) is 0 Å². The summed E-state index contributed by atoms with van der Waals surface area (Å²) < 4.78 is 94.5. The zero-order chi connectivity index (χ0) is 33.4. The fourth-order valence-electron chi connectivity index (χ4n) is 5.06. The third-order valence-corrected chi connectivity index (χ3v) is 7.56. The molecule has 0 saturated carbocycles. The average Bonchev–Trinajstić information content (AvgIpc) is 3.32. The van der Waals surface area contributed by atoms with Crippen molar-refractivity contribution in [3.63, 3.8) is 0 Å². The van der Waals surface area contributed by atoms with Crippen LogP contribution in [0.3, 0.4) is 0 Å². The van der Waals surface area contributed by atoms with Crippen molar-refractivity contribution < 1.29 is 45.4 Å². The van der Waals surface area contributed by atoms with Crippen LogP contribution in [0.2, 0.25) is 0 Å². The van der Waals surface area contributed by atoms with Crippen LogP contribution in [-0.4, -0.2) is 65.5 Å². The molecule has 1 aromatic heterocycles. The first kappa shape index (κ1) is 36.2. The largest absolute Gasteiger partial charge is 0.493 e. The van der Waals surface area contributed by atoms with E-state index < -0.39 is 40.5 Å². The lowest BCUT2D eigenvalue weighted by atomic mass is 9.86. The van der Waals surface area contributed by atoms with Crippen molar-refractivity contribution >= 4 is 23.5 Å². The number of rotatable bonds is 13. The normalized spacial score (nSPS) is 18.8. The van der Waals surface area contributed by atoms with Crippen molar-refractivity contribution in [1.82, 2.24) is 20.0 Å². The van der Waals surface area contributed by atoms with E-state index in [0.717, 1.165) is 36.7 Å². The highest BCUT2D eigenvalue weighted by Crippen LogP contribution is 2.42. The zero-order valence-electron chi connectivity index (χ0n) is 25.3. The summed E-state index contributed by atoms with van der Waals surface area (Å²) in [6.07, 6.45) is -3.83. The van der Waals surface area contributed by atoms with Gasteiger partial charge in [-0.3, -0.25) is 14.3 Å². The van der Waals surface area contributed by atoms with E-state index in [1.54, 1.807) is 17.9 Å². The number of carbonyl (C=O) groups excluding carboxylic acids is 2. The molecule has 1 aliphatic carbocycles. The van der Waals surface area contributed by atoms with Crippen LogP contribution in [-0.2, 0) is 38.7 Å². The van der Waals surface area contributed by atoms with Gasteiger partial charge < -0.3 is 19.7 Å². The Kier molecular flexibility index (Phi) is 12.7. The Bertz CT molecular complexity index is 1350. The van der Waals surface area contributed by atoms with E-state index in [4.69, 9.17) is 21.1 Å². The van der Waals surface area contributed by atoms with Gasteiger partial charge in [0, 0.05) is 62.2 Å². The number of piperazine rings is 1. The fraction of sp³-hybridized carbons (Fsp3) is 0.567. The lowest BCUT2D eigenvalue weighted by Crippen LogP contribution is -2.48. The number of carbonyl (C=O) groups is 2. The predicted octanol–water partition coefficient (Wildman–Crippen LogP) is 6.34. The van der Waals surface area contributed by atoms with E-state index in [0.29, 0.717) is 38.9 Å². The van der Waals surface area contributed by atoms with Gasteiger partial charge in [-0.05, 0) is 44.2 Å². The monoisotopic (exact) mass is 666 g/mol. The molecule has 3 rings (SSSR count). The number of hydrogen-bond acceptors (Lipinski definition) is 6. The lowest BCUT2D eigenvalue weighted by molar-refractivity contribution is -0.141. The molecule has 1 amide bonds. The summed E-state index contributed by atoms with van der Waals surface area (Å²) in [4.78, 5) is 26.0. The minimum Gasteiger partial charge on any atom is -0.493 e. The van der Waals surface area contributed by atoms with Crippen LogP contribution in [0, 0.1) is 5.92 Å². The van der Waals surface area contributed by atoms with Crippen molar-refractivity contribution in [2.75, 3.05) is 32.8 Å². The highest BCUT2D eigenvalue weighted by molar-refractivity contribution is 6.32. The summed E-state index contributed by atoms with van der Waals surface area (Å²) in [6, 6.07) is 0.795. The second-order valence-electron chi connectivity index (χ2n) is 10.7. The van der Waals surface area contributed by atoms with Crippen LogP contribution >= 0.6 is 11.6 Å². The lowest BCUT2D eigenvalue weighted by Gasteiger charge is -2.27. The number of nitrogens with one attached hydrogen (secondary N) is 1. The van der Waals surface area contributed by atoms with Gasteiger partial charge in [0.05, 0.1) is 18.7 Å². The van der Waals surface area contributed by atoms with Crippen LogP contribution < -0.4 is 5.32 Å². The third kappa shape index (κ3) is 10.4. The summed E-state index contributed by atoms with van der Waals surface area (Å²) in [5, 5.41) is 6.03. The molecule has 1 unspecified atom stereocenters. The molecule has 0 aromatic carbocycles. The number of aryl methyl sites for hydroxylation is 1. The van der Waals surface area contributed by atoms with Crippen molar-refractivity contribution in [3.8, 4) is 0 Å². The molecule has 1 saturated heterocycles. The number of amides is 1. The molecule has 2 aliphatic rings. The van der Waals surface area contributed by atoms with Gasteiger partial charge in [0.1, 0.15) is 11.5 Å². The number of hydrogen-bond donors (Lipinski definition) is 1. The topological polar surface area (TPSA) is 85.7 Å². The Morgan fingerprint density at radius 2 is 1.91 bits per heavy atom. The van der Waals surface area contributed by atoms with E-state index in [1.807, 2.05) is 0 Å². The van der Waals surface area contributed by atoms with E-state index in [2.05, 4.69) is 10.4 Å². The van der Waals surface area contributed by atoms with Crippen molar-refractivity contribution in [3.05, 3.63) is 63.4 Å². The molecule has 1 N–H and O–H groups in total.